The highest BCUT2D eigenvalue weighted by Crippen LogP contribution is 2.22. The van der Waals surface area contributed by atoms with Gasteiger partial charge in [-0.05, 0) is 78.7 Å². The van der Waals surface area contributed by atoms with Crippen LogP contribution in [0, 0.1) is 5.82 Å². The molecule has 0 amide bonds. The van der Waals surface area contributed by atoms with Crippen LogP contribution >= 0.6 is 0 Å². The van der Waals surface area contributed by atoms with Crippen molar-refractivity contribution < 1.29 is 22.4 Å². The van der Waals surface area contributed by atoms with Crippen LogP contribution in [0.15, 0.2) is 107 Å². The third-order valence-corrected chi connectivity index (χ3v) is 7.76. The molecular formula is C30H28FN5O4S. The quantitative estimate of drug-likeness (QED) is 0.186. The van der Waals surface area contributed by atoms with Crippen molar-refractivity contribution in [2.24, 2.45) is 0 Å². The molecule has 3 aromatic carbocycles. The zero-order valence-electron chi connectivity index (χ0n) is 21.9. The molecule has 9 nitrogen and oxygen atoms in total. The molecule has 5 rings (SSSR count). The third-order valence-electron chi connectivity index (χ3n) is 6.36. The lowest BCUT2D eigenvalue weighted by Gasteiger charge is -2.12. The number of aliphatic hydroxyl groups excluding tert-OH is 1. The minimum Gasteiger partial charge on any atom is -0.387 e. The van der Waals surface area contributed by atoms with Crippen molar-refractivity contribution in [3.05, 3.63) is 126 Å². The van der Waals surface area contributed by atoms with Gasteiger partial charge in [-0.3, -0.25) is 9.71 Å². The summed E-state index contributed by atoms with van der Waals surface area (Å²) in [7, 11) is -3.81. The van der Waals surface area contributed by atoms with Crippen LogP contribution in [0.3, 0.4) is 0 Å². The topological polar surface area (TPSA) is 130 Å². The van der Waals surface area contributed by atoms with Crippen LogP contribution in [0.25, 0.3) is 11.5 Å². The molecule has 11 heteroatoms. The Kier molecular flexibility index (Phi) is 8.78. The van der Waals surface area contributed by atoms with E-state index < -0.39 is 16.1 Å². The third kappa shape index (κ3) is 7.60. The van der Waals surface area contributed by atoms with E-state index in [4.69, 9.17) is 4.52 Å². The summed E-state index contributed by atoms with van der Waals surface area (Å²) in [6.45, 7) is 1.06. The predicted octanol–water partition coefficient (Wildman–Crippen LogP) is 4.53. The lowest BCUT2D eigenvalue weighted by atomic mass is 10.1. The molecular weight excluding hydrogens is 545 g/mol. The highest BCUT2D eigenvalue weighted by Gasteiger charge is 2.16. The average Bonchev–Trinajstić information content (AvgIpc) is 3.46. The Hall–Kier alpha value is -4.45. The standard InChI is InChI=1S/C30H28FN5O4S/c31-25-9-3-22(4-10-25)18-29-34-30(40-35-29)23-7-13-27(14-8-23)41(38,39)36-26-11-5-21(6-12-26)15-17-33-20-28(37)24-2-1-16-32-19-24/h1-14,16,19,28,33,36-37H,15,17-18,20H2/t28-/m0/s1. The van der Waals surface area contributed by atoms with Gasteiger partial charge in [-0.25, -0.2) is 12.8 Å². The fourth-order valence-corrected chi connectivity index (χ4v) is 5.18. The maximum Gasteiger partial charge on any atom is 0.261 e. The first-order chi connectivity index (χ1) is 19.9. The van der Waals surface area contributed by atoms with E-state index in [1.165, 1.54) is 24.3 Å². The van der Waals surface area contributed by atoms with Gasteiger partial charge in [0.1, 0.15) is 5.82 Å². The number of aliphatic hydroxyl groups is 1. The lowest BCUT2D eigenvalue weighted by molar-refractivity contribution is 0.174. The van der Waals surface area contributed by atoms with Gasteiger partial charge in [-0.15, -0.1) is 0 Å². The number of pyridine rings is 1. The van der Waals surface area contributed by atoms with Gasteiger partial charge in [0.05, 0.1) is 11.0 Å². The molecule has 0 bridgehead atoms. The average molecular weight is 574 g/mol. The van der Waals surface area contributed by atoms with Crippen LogP contribution in [0.1, 0.15) is 28.6 Å². The number of sulfonamides is 1. The summed E-state index contributed by atoms with van der Waals surface area (Å²) < 4.78 is 46.9. The van der Waals surface area contributed by atoms with Crippen molar-refractivity contribution in [1.82, 2.24) is 20.4 Å². The second-order valence-electron chi connectivity index (χ2n) is 9.40. The largest absolute Gasteiger partial charge is 0.387 e. The van der Waals surface area contributed by atoms with E-state index in [1.54, 1.807) is 54.9 Å². The summed E-state index contributed by atoms with van der Waals surface area (Å²) in [5, 5.41) is 17.4. The van der Waals surface area contributed by atoms with Crippen molar-refractivity contribution in [2.75, 3.05) is 17.8 Å². The van der Waals surface area contributed by atoms with E-state index in [1.807, 2.05) is 18.2 Å². The maximum atomic E-state index is 13.1. The summed E-state index contributed by atoms with van der Waals surface area (Å²) >= 11 is 0. The highest BCUT2D eigenvalue weighted by molar-refractivity contribution is 7.92. The van der Waals surface area contributed by atoms with Gasteiger partial charge in [-0.2, -0.15) is 4.98 Å². The van der Waals surface area contributed by atoms with Crippen molar-refractivity contribution in [3.63, 3.8) is 0 Å². The molecule has 0 aliphatic carbocycles. The van der Waals surface area contributed by atoms with Crippen LogP contribution in [0.5, 0.6) is 0 Å². The second kappa shape index (κ2) is 12.8. The normalized spacial score (nSPS) is 12.2. The minimum absolute atomic E-state index is 0.0905. The first-order valence-corrected chi connectivity index (χ1v) is 14.4. The maximum absolute atomic E-state index is 13.1. The van der Waals surface area contributed by atoms with Crippen LogP contribution in [0.4, 0.5) is 10.1 Å². The molecule has 1 atom stereocenters. The zero-order valence-corrected chi connectivity index (χ0v) is 22.8. The number of aromatic nitrogens is 3. The smallest absolute Gasteiger partial charge is 0.261 e. The van der Waals surface area contributed by atoms with Crippen molar-refractivity contribution in [2.45, 2.75) is 23.8 Å². The molecule has 210 valence electrons. The molecule has 2 heterocycles. The second-order valence-corrected chi connectivity index (χ2v) is 11.1. The van der Waals surface area contributed by atoms with Crippen molar-refractivity contribution in [3.8, 4) is 11.5 Å². The number of nitrogens with zero attached hydrogens (tertiary/aromatic N) is 3. The molecule has 3 N–H and O–H groups in total. The molecule has 0 unspecified atom stereocenters. The summed E-state index contributed by atoms with van der Waals surface area (Å²) in [5.41, 5.74) is 3.65. The Balaban J connectivity index is 1.12. The van der Waals surface area contributed by atoms with Crippen LogP contribution < -0.4 is 10.0 Å². The summed E-state index contributed by atoms with van der Waals surface area (Å²) in [4.78, 5) is 8.46. The molecule has 0 saturated carbocycles. The number of nitrogens with one attached hydrogen (secondary N) is 2. The van der Waals surface area contributed by atoms with E-state index in [-0.39, 0.29) is 16.6 Å². The Morgan fingerprint density at radius 3 is 2.37 bits per heavy atom. The monoisotopic (exact) mass is 573 g/mol. The number of benzene rings is 3. The Bertz CT molecular complexity index is 1660. The zero-order chi connectivity index (χ0) is 28.7. The molecule has 2 aromatic heterocycles. The number of anilines is 1. The van der Waals surface area contributed by atoms with Crippen molar-refractivity contribution in [1.29, 1.82) is 0 Å². The molecule has 0 spiro atoms. The summed E-state index contributed by atoms with van der Waals surface area (Å²) in [6.07, 6.45) is 3.77. The first kappa shape index (κ1) is 28.1. The van der Waals surface area contributed by atoms with Gasteiger partial charge >= 0.3 is 0 Å². The molecule has 0 radical (unpaired) electrons. The van der Waals surface area contributed by atoms with Gasteiger partial charge in [0, 0.05) is 42.2 Å². The number of hydrogen-bond donors (Lipinski definition) is 3. The van der Waals surface area contributed by atoms with E-state index >= 15 is 0 Å². The molecule has 0 aliphatic rings. The van der Waals surface area contributed by atoms with Gasteiger partial charge in [0.25, 0.3) is 15.9 Å². The fourth-order valence-electron chi connectivity index (χ4n) is 4.12. The number of hydrogen-bond acceptors (Lipinski definition) is 8. The Morgan fingerprint density at radius 1 is 0.927 bits per heavy atom. The Morgan fingerprint density at radius 2 is 1.66 bits per heavy atom. The molecule has 0 fully saturated rings. The molecule has 41 heavy (non-hydrogen) atoms. The van der Waals surface area contributed by atoms with Gasteiger partial charge < -0.3 is 14.9 Å². The SMILES string of the molecule is O=S(=O)(Nc1ccc(CCNC[C@H](O)c2cccnc2)cc1)c1ccc(-c2nc(Cc3ccc(F)cc3)no2)cc1. The number of halogens is 1. The summed E-state index contributed by atoms with van der Waals surface area (Å²) in [6, 6.07) is 23.0. The van der Waals surface area contributed by atoms with Crippen LogP contribution in [-0.2, 0) is 22.9 Å². The molecule has 5 aromatic rings. The van der Waals surface area contributed by atoms with E-state index in [2.05, 4.69) is 25.2 Å². The van der Waals surface area contributed by atoms with Crippen molar-refractivity contribution >= 4 is 15.7 Å². The highest BCUT2D eigenvalue weighted by atomic mass is 32.2. The fraction of sp³-hybridized carbons (Fsp3) is 0.167. The number of rotatable bonds is 12. The lowest BCUT2D eigenvalue weighted by Crippen LogP contribution is -2.23. The Labute approximate surface area is 237 Å². The van der Waals surface area contributed by atoms with Gasteiger partial charge in [-0.1, -0.05) is 35.5 Å². The van der Waals surface area contributed by atoms with E-state index in [9.17, 15) is 17.9 Å². The first-order valence-electron chi connectivity index (χ1n) is 12.9. The van der Waals surface area contributed by atoms with Crippen LogP contribution in [0.2, 0.25) is 0 Å². The predicted molar refractivity (Wildman–Crippen MR) is 152 cm³/mol. The molecule has 0 aliphatic heterocycles. The van der Waals surface area contributed by atoms with Gasteiger partial charge in [0.15, 0.2) is 5.82 Å². The van der Waals surface area contributed by atoms with Gasteiger partial charge in [0.2, 0.25) is 0 Å². The van der Waals surface area contributed by atoms with E-state index in [0.29, 0.717) is 36.6 Å². The minimum atomic E-state index is -3.81. The molecule has 0 saturated heterocycles. The van der Waals surface area contributed by atoms with Crippen LogP contribution in [-0.4, -0.2) is 41.7 Å². The summed E-state index contributed by atoms with van der Waals surface area (Å²) in [5.74, 6) is 0.380. The van der Waals surface area contributed by atoms with E-state index in [0.717, 1.165) is 23.1 Å².